The predicted octanol–water partition coefficient (Wildman–Crippen LogP) is 0.115. The minimum atomic E-state index is -0.968. The Kier molecular flexibility index (Phi) is 14.7. The fraction of sp³-hybridized carbons (Fsp3) is 0.471. The van der Waals surface area contributed by atoms with Gasteiger partial charge in [-0.05, 0) is 24.3 Å². The van der Waals surface area contributed by atoms with Crippen molar-refractivity contribution < 1.29 is 29.7 Å². The van der Waals surface area contributed by atoms with E-state index in [1.54, 1.807) is 0 Å². The van der Waals surface area contributed by atoms with Gasteiger partial charge >= 0.3 is 17.9 Å². The van der Waals surface area contributed by atoms with Crippen molar-refractivity contribution in [1.29, 1.82) is 0 Å². The summed E-state index contributed by atoms with van der Waals surface area (Å²) >= 11 is 0. The molecule has 0 radical (unpaired) electrons. The van der Waals surface area contributed by atoms with Gasteiger partial charge in [0.05, 0.1) is 6.54 Å². The maximum Gasteiger partial charge on any atom is 0.320 e. The van der Waals surface area contributed by atoms with Crippen LogP contribution in [-0.4, -0.2) is 51.9 Å². The largest absolute Gasteiger partial charge is 0.480 e. The third-order valence-electron chi connectivity index (χ3n) is 2.83. The van der Waals surface area contributed by atoms with Gasteiger partial charge in [-0.3, -0.25) is 14.4 Å². The van der Waals surface area contributed by atoms with E-state index in [2.05, 4.69) is 5.73 Å². The molecule has 0 aliphatic rings. The van der Waals surface area contributed by atoms with E-state index in [0.717, 1.165) is 5.56 Å². The van der Waals surface area contributed by atoms with Crippen LogP contribution in [0.25, 0.3) is 0 Å². The van der Waals surface area contributed by atoms with Crippen molar-refractivity contribution in [3.63, 3.8) is 0 Å². The lowest BCUT2D eigenvalue weighted by Gasteiger charge is -2.07. The summed E-state index contributed by atoms with van der Waals surface area (Å²) in [5, 5.41) is 24.4. The van der Waals surface area contributed by atoms with Gasteiger partial charge in [0.15, 0.2) is 0 Å². The van der Waals surface area contributed by atoms with E-state index in [0.29, 0.717) is 18.8 Å². The van der Waals surface area contributed by atoms with Crippen LogP contribution in [-0.2, 0) is 20.8 Å². The number of hydrogen-bond donors (Lipinski definition) is 6. The summed E-state index contributed by atoms with van der Waals surface area (Å²) in [6, 6.07) is 7.85. The van der Waals surface area contributed by atoms with Crippen molar-refractivity contribution in [3.8, 4) is 0 Å². The van der Waals surface area contributed by atoms with Crippen molar-refractivity contribution in [2.75, 3.05) is 6.54 Å². The van der Waals surface area contributed by atoms with Gasteiger partial charge in [0.2, 0.25) is 0 Å². The number of hydrogen-bond acceptors (Lipinski definition) is 6. The average Bonchev–Trinajstić information content (AvgIpc) is 2.56. The molecule has 2 unspecified atom stereocenters. The Labute approximate surface area is 152 Å². The van der Waals surface area contributed by atoms with Gasteiger partial charge in [0, 0.05) is 0 Å². The topological polar surface area (TPSA) is 190 Å². The second-order valence-electron chi connectivity index (χ2n) is 5.81. The number of carboxylic acid groups (broad SMARTS) is 3. The molecule has 9 N–H and O–H groups in total. The number of benzene rings is 1. The Morgan fingerprint density at radius 3 is 1.62 bits per heavy atom. The summed E-state index contributed by atoms with van der Waals surface area (Å²) in [5.74, 6) is -2.48. The molecule has 0 heterocycles. The second kappa shape index (κ2) is 14.8. The summed E-state index contributed by atoms with van der Waals surface area (Å²) < 4.78 is 0. The van der Waals surface area contributed by atoms with E-state index >= 15 is 0 Å². The highest BCUT2D eigenvalue weighted by Gasteiger charge is 2.12. The van der Waals surface area contributed by atoms with Crippen LogP contribution in [0.5, 0.6) is 0 Å². The van der Waals surface area contributed by atoms with E-state index in [1.165, 1.54) is 0 Å². The molecule has 1 aromatic carbocycles. The molecule has 0 spiro atoms. The lowest BCUT2D eigenvalue weighted by molar-refractivity contribution is -0.139. The van der Waals surface area contributed by atoms with Gasteiger partial charge in [0.1, 0.15) is 12.1 Å². The maximum absolute atomic E-state index is 10.4. The zero-order valence-electron chi connectivity index (χ0n) is 15.0. The highest BCUT2D eigenvalue weighted by atomic mass is 16.4. The molecule has 9 nitrogen and oxygen atoms in total. The van der Waals surface area contributed by atoms with Crippen LogP contribution in [0.3, 0.4) is 0 Å². The minimum absolute atomic E-state index is 0.278. The predicted molar refractivity (Wildman–Crippen MR) is 97.5 cm³/mol. The van der Waals surface area contributed by atoms with Crippen molar-refractivity contribution in [1.82, 2.24) is 0 Å². The van der Waals surface area contributed by atoms with E-state index in [1.807, 2.05) is 44.2 Å². The van der Waals surface area contributed by atoms with E-state index in [4.69, 9.17) is 26.8 Å². The third-order valence-corrected chi connectivity index (χ3v) is 2.83. The third kappa shape index (κ3) is 16.4. The first kappa shape index (κ1) is 25.7. The average molecular weight is 371 g/mol. The summed E-state index contributed by atoms with van der Waals surface area (Å²) in [5.41, 5.74) is 16.1. The van der Waals surface area contributed by atoms with Crippen LogP contribution in [0.1, 0.15) is 25.8 Å². The first-order chi connectivity index (χ1) is 12.0. The fourth-order valence-electron chi connectivity index (χ4n) is 1.56. The zero-order valence-corrected chi connectivity index (χ0v) is 15.0. The smallest absolute Gasteiger partial charge is 0.320 e. The number of aliphatic carboxylic acids is 3. The Morgan fingerprint density at radius 1 is 0.923 bits per heavy atom. The molecule has 0 fully saturated rings. The lowest BCUT2D eigenvalue weighted by Crippen LogP contribution is -2.32. The summed E-state index contributed by atoms with van der Waals surface area (Å²) in [6.45, 7) is 3.62. The molecule has 26 heavy (non-hydrogen) atoms. The van der Waals surface area contributed by atoms with Gasteiger partial charge in [-0.1, -0.05) is 44.2 Å². The molecule has 0 saturated heterocycles. The molecule has 0 saturated carbocycles. The van der Waals surface area contributed by atoms with Crippen LogP contribution in [0, 0.1) is 5.92 Å². The summed E-state index contributed by atoms with van der Waals surface area (Å²) in [7, 11) is 0. The minimum Gasteiger partial charge on any atom is -0.480 e. The van der Waals surface area contributed by atoms with Gasteiger partial charge in [-0.2, -0.15) is 0 Å². The van der Waals surface area contributed by atoms with Crippen molar-refractivity contribution in [2.45, 2.75) is 38.8 Å². The van der Waals surface area contributed by atoms with Crippen LogP contribution >= 0.6 is 0 Å². The van der Waals surface area contributed by atoms with E-state index in [-0.39, 0.29) is 6.54 Å². The number of carboxylic acids is 3. The van der Waals surface area contributed by atoms with Crippen LogP contribution in [0.4, 0.5) is 0 Å². The Morgan fingerprint density at radius 2 is 1.35 bits per heavy atom. The molecule has 0 amide bonds. The van der Waals surface area contributed by atoms with Crippen LogP contribution in [0.2, 0.25) is 0 Å². The van der Waals surface area contributed by atoms with Crippen molar-refractivity contribution >= 4 is 17.9 Å². The van der Waals surface area contributed by atoms with Gasteiger partial charge in [-0.15, -0.1) is 0 Å². The second-order valence-corrected chi connectivity index (χ2v) is 5.81. The standard InChI is InChI=1S/C9H11NO2.C6H13NO2.C2H5NO2/c10-8(9(11)12)6-7-4-2-1-3-5-7;1-4(2)3-5(7)6(8)9;3-1-2(4)5/h1-5,8H,6,10H2,(H,11,12);4-5H,3,7H2,1-2H3,(H,8,9);1,3H2,(H,4,5). The summed E-state index contributed by atoms with van der Waals surface area (Å²) in [4.78, 5) is 29.7. The first-order valence-corrected chi connectivity index (χ1v) is 7.93. The molecule has 1 rings (SSSR count). The van der Waals surface area contributed by atoms with Crippen LogP contribution < -0.4 is 17.2 Å². The van der Waals surface area contributed by atoms with Gasteiger partial charge < -0.3 is 32.5 Å². The number of rotatable bonds is 7. The zero-order chi connectivity index (χ0) is 20.7. The monoisotopic (exact) mass is 371 g/mol. The molecule has 1 aromatic rings. The molecule has 148 valence electrons. The lowest BCUT2D eigenvalue weighted by atomic mass is 10.1. The fourth-order valence-corrected chi connectivity index (χ4v) is 1.56. The van der Waals surface area contributed by atoms with Gasteiger partial charge in [-0.25, -0.2) is 0 Å². The molecule has 0 aromatic heterocycles. The molecule has 9 heteroatoms. The number of nitrogens with two attached hydrogens (primary N) is 3. The first-order valence-electron chi connectivity index (χ1n) is 7.93. The highest BCUT2D eigenvalue weighted by Crippen LogP contribution is 2.02. The van der Waals surface area contributed by atoms with Gasteiger partial charge in [0.25, 0.3) is 0 Å². The van der Waals surface area contributed by atoms with Crippen molar-refractivity contribution in [2.24, 2.45) is 23.1 Å². The normalized spacial score (nSPS) is 11.9. The molecular formula is C17H29N3O6. The van der Waals surface area contributed by atoms with Crippen LogP contribution in [0.15, 0.2) is 30.3 Å². The molecule has 0 aliphatic carbocycles. The van der Waals surface area contributed by atoms with Crippen molar-refractivity contribution in [3.05, 3.63) is 35.9 Å². The molecule has 2 atom stereocenters. The highest BCUT2D eigenvalue weighted by molar-refractivity contribution is 5.73. The maximum atomic E-state index is 10.4. The van der Waals surface area contributed by atoms with E-state index < -0.39 is 30.0 Å². The Bertz CT molecular complexity index is 537. The summed E-state index contributed by atoms with van der Waals surface area (Å²) in [6.07, 6.45) is 0.936. The Hall–Kier alpha value is -2.49. The molecule has 0 bridgehead atoms. The van der Waals surface area contributed by atoms with E-state index in [9.17, 15) is 14.4 Å². The quantitative estimate of drug-likeness (QED) is 0.386. The molecular weight excluding hydrogens is 342 g/mol. The Balaban J connectivity index is 0. The SMILES string of the molecule is CC(C)CC(N)C(=O)O.NC(Cc1ccccc1)C(=O)O.NCC(=O)O. The number of carbonyl (C=O) groups is 3. The molecule has 0 aliphatic heterocycles.